The molecule has 2 N–H and O–H groups in total. The van der Waals surface area contributed by atoms with Crippen LogP contribution in [0.15, 0.2) is 30.3 Å². The summed E-state index contributed by atoms with van der Waals surface area (Å²) in [5.74, 6) is 0.140. The van der Waals surface area contributed by atoms with E-state index in [1.165, 1.54) is 12.1 Å². The quantitative estimate of drug-likeness (QED) is 0.841. The molecule has 1 amide bonds. The van der Waals surface area contributed by atoms with E-state index in [1.54, 1.807) is 0 Å². The molecule has 0 aromatic heterocycles. The molecule has 1 saturated heterocycles. The number of benzene rings is 1. The molecule has 1 aliphatic heterocycles. The van der Waals surface area contributed by atoms with E-state index in [4.69, 9.17) is 0 Å². The van der Waals surface area contributed by atoms with Crippen LogP contribution in [0.3, 0.4) is 0 Å². The number of nitrogens with zero attached hydrogens (tertiary/aromatic N) is 1. The van der Waals surface area contributed by atoms with Crippen molar-refractivity contribution in [1.82, 2.24) is 10.6 Å². The molecule has 104 valence electrons. The lowest BCUT2D eigenvalue weighted by Gasteiger charge is -2.24. The van der Waals surface area contributed by atoms with Crippen LogP contribution in [0.4, 0.5) is 5.69 Å². The van der Waals surface area contributed by atoms with Gasteiger partial charge >= 0.3 is 0 Å². The van der Waals surface area contributed by atoms with Gasteiger partial charge in [-0.25, -0.2) is 0 Å². The smallest absolute Gasteiger partial charge is 0.237 e. The van der Waals surface area contributed by atoms with E-state index in [0.717, 1.165) is 25.9 Å². The maximum Gasteiger partial charge on any atom is 0.237 e. The fourth-order valence-corrected chi connectivity index (χ4v) is 2.36. The van der Waals surface area contributed by atoms with Crippen molar-refractivity contribution in [2.75, 3.05) is 31.6 Å². The first-order valence-electron chi connectivity index (χ1n) is 7.04. The third-order valence-corrected chi connectivity index (χ3v) is 3.57. The number of carbonyl (C=O) groups is 1. The maximum absolute atomic E-state index is 11.9. The number of piperidine rings is 1. The summed E-state index contributed by atoms with van der Waals surface area (Å²) in [6.07, 6.45) is 3.29. The van der Waals surface area contributed by atoms with E-state index < -0.39 is 0 Å². The lowest BCUT2D eigenvalue weighted by atomic mass is 10.0. The fourth-order valence-electron chi connectivity index (χ4n) is 2.36. The number of para-hydroxylation sites is 1. The number of likely N-dealkylation sites (N-methyl/N-ethyl adjacent to an activating group) is 1. The normalized spacial score (nSPS) is 18.9. The van der Waals surface area contributed by atoms with Crippen LogP contribution in [0.5, 0.6) is 0 Å². The molecule has 0 bridgehead atoms. The minimum Gasteiger partial charge on any atom is -0.373 e. The number of anilines is 1. The number of carbonyl (C=O) groups excluding carboxylic acids is 1. The molecule has 0 unspecified atom stereocenters. The van der Waals surface area contributed by atoms with Gasteiger partial charge in [0.2, 0.25) is 5.91 Å². The zero-order valence-electron chi connectivity index (χ0n) is 11.6. The summed E-state index contributed by atoms with van der Waals surface area (Å²) in [6, 6.07) is 10.2. The summed E-state index contributed by atoms with van der Waals surface area (Å²) in [5.41, 5.74) is 1.17. The Balaban J connectivity index is 1.69. The summed E-state index contributed by atoms with van der Waals surface area (Å²) < 4.78 is 0. The van der Waals surface area contributed by atoms with E-state index in [2.05, 4.69) is 27.7 Å². The first-order chi connectivity index (χ1) is 9.27. The van der Waals surface area contributed by atoms with Gasteiger partial charge in [-0.15, -0.1) is 0 Å². The van der Waals surface area contributed by atoms with Crippen molar-refractivity contribution in [2.24, 2.45) is 0 Å². The van der Waals surface area contributed by atoms with Crippen LogP contribution in [-0.4, -0.2) is 38.6 Å². The molecule has 1 aromatic carbocycles. The molecule has 0 aliphatic carbocycles. The van der Waals surface area contributed by atoms with Gasteiger partial charge in [-0.1, -0.05) is 24.6 Å². The zero-order valence-corrected chi connectivity index (χ0v) is 11.6. The number of hydrogen-bond donors (Lipinski definition) is 2. The molecule has 0 saturated carbocycles. The first kappa shape index (κ1) is 13.9. The Morgan fingerprint density at radius 3 is 2.84 bits per heavy atom. The minimum atomic E-state index is 0.00998. The van der Waals surface area contributed by atoms with Crippen molar-refractivity contribution in [3.05, 3.63) is 30.3 Å². The largest absolute Gasteiger partial charge is 0.373 e. The number of amides is 1. The predicted molar refractivity (Wildman–Crippen MR) is 78.4 cm³/mol. The highest BCUT2D eigenvalue weighted by Crippen LogP contribution is 2.10. The number of hydrogen-bond acceptors (Lipinski definition) is 3. The van der Waals surface area contributed by atoms with Gasteiger partial charge in [0.15, 0.2) is 0 Å². The van der Waals surface area contributed by atoms with Crippen molar-refractivity contribution in [3.63, 3.8) is 0 Å². The molecule has 1 fully saturated rings. The van der Waals surface area contributed by atoms with Gasteiger partial charge in [-0.3, -0.25) is 4.79 Å². The molecule has 4 heteroatoms. The maximum atomic E-state index is 11.9. The highest BCUT2D eigenvalue weighted by atomic mass is 16.2. The average molecular weight is 261 g/mol. The van der Waals surface area contributed by atoms with Crippen molar-refractivity contribution < 1.29 is 4.79 Å². The fraction of sp³-hybridized carbons (Fsp3) is 0.533. The van der Waals surface area contributed by atoms with Crippen LogP contribution in [0, 0.1) is 0 Å². The highest BCUT2D eigenvalue weighted by Gasteiger charge is 2.19. The van der Waals surface area contributed by atoms with Gasteiger partial charge in [0.25, 0.3) is 0 Å². The molecule has 4 nitrogen and oxygen atoms in total. The summed E-state index contributed by atoms with van der Waals surface area (Å²) >= 11 is 0. The second-order valence-electron chi connectivity index (χ2n) is 5.05. The Hall–Kier alpha value is -1.55. The second kappa shape index (κ2) is 7.14. The van der Waals surface area contributed by atoms with Crippen LogP contribution < -0.4 is 15.5 Å². The van der Waals surface area contributed by atoms with Gasteiger partial charge in [0, 0.05) is 25.8 Å². The molecule has 1 aliphatic rings. The Kier molecular flexibility index (Phi) is 5.21. The van der Waals surface area contributed by atoms with Crippen LogP contribution >= 0.6 is 0 Å². The Labute approximate surface area is 115 Å². The SMILES string of the molecule is CN(CCNC(=O)[C@@H]1CCCCN1)c1ccccc1. The van der Waals surface area contributed by atoms with Gasteiger partial charge in [0.05, 0.1) is 6.04 Å². The van der Waals surface area contributed by atoms with Gasteiger partial charge in [-0.05, 0) is 31.5 Å². The molecule has 19 heavy (non-hydrogen) atoms. The topological polar surface area (TPSA) is 44.4 Å². The number of rotatable bonds is 5. The van der Waals surface area contributed by atoms with Crippen molar-refractivity contribution >= 4 is 11.6 Å². The van der Waals surface area contributed by atoms with Crippen molar-refractivity contribution in [3.8, 4) is 0 Å². The third kappa shape index (κ3) is 4.24. The Morgan fingerprint density at radius 2 is 2.16 bits per heavy atom. The molecule has 0 spiro atoms. The molecule has 1 heterocycles. The van der Waals surface area contributed by atoms with Crippen LogP contribution in [0.1, 0.15) is 19.3 Å². The van der Waals surface area contributed by atoms with Gasteiger partial charge in [-0.2, -0.15) is 0 Å². The van der Waals surface area contributed by atoms with Crippen LogP contribution in [-0.2, 0) is 4.79 Å². The van der Waals surface area contributed by atoms with E-state index in [0.29, 0.717) is 6.54 Å². The first-order valence-corrected chi connectivity index (χ1v) is 7.04. The summed E-state index contributed by atoms with van der Waals surface area (Å²) in [5, 5.41) is 6.27. The van der Waals surface area contributed by atoms with E-state index >= 15 is 0 Å². The second-order valence-corrected chi connectivity index (χ2v) is 5.05. The predicted octanol–water partition coefficient (Wildman–Crippen LogP) is 1.38. The van der Waals surface area contributed by atoms with E-state index in [1.807, 2.05) is 25.2 Å². The van der Waals surface area contributed by atoms with E-state index in [9.17, 15) is 4.79 Å². The minimum absolute atomic E-state index is 0.00998. The van der Waals surface area contributed by atoms with Crippen LogP contribution in [0.25, 0.3) is 0 Å². The highest BCUT2D eigenvalue weighted by molar-refractivity contribution is 5.81. The molecule has 1 aromatic rings. The van der Waals surface area contributed by atoms with Gasteiger partial charge in [0.1, 0.15) is 0 Å². The Morgan fingerprint density at radius 1 is 1.37 bits per heavy atom. The average Bonchev–Trinajstić information content (AvgIpc) is 2.49. The molecule has 1 atom stereocenters. The van der Waals surface area contributed by atoms with Crippen LogP contribution in [0.2, 0.25) is 0 Å². The van der Waals surface area contributed by atoms with Crippen molar-refractivity contribution in [2.45, 2.75) is 25.3 Å². The summed E-state index contributed by atoms with van der Waals surface area (Å²) in [7, 11) is 2.04. The van der Waals surface area contributed by atoms with Crippen molar-refractivity contribution in [1.29, 1.82) is 0 Å². The zero-order chi connectivity index (χ0) is 13.5. The lowest BCUT2D eigenvalue weighted by Crippen LogP contribution is -2.48. The molecule has 0 radical (unpaired) electrons. The molecular weight excluding hydrogens is 238 g/mol. The van der Waals surface area contributed by atoms with Gasteiger partial charge < -0.3 is 15.5 Å². The standard InChI is InChI=1S/C15H23N3O/c1-18(13-7-3-2-4-8-13)12-11-17-15(19)14-9-5-6-10-16-14/h2-4,7-8,14,16H,5-6,9-12H2,1H3,(H,17,19)/t14-/m0/s1. The third-order valence-electron chi connectivity index (χ3n) is 3.57. The monoisotopic (exact) mass is 261 g/mol. The summed E-state index contributed by atoms with van der Waals surface area (Å²) in [4.78, 5) is 14.1. The summed E-state index contributed by atoms with van der Waals surface area (Å²) in [6.45, 7) is 2.47. The number of nitrogens with one attached hydrogen (secondary N) is 2. The lowest BCUT2D eigenvalue weighted by molar-refractivity contribution is -0.123. The van der Waals surface area contributed by atoms with E-state index in [-0.39, 0.29) is 11.9 Å². The molecule has 2 rings (SSSR count). The molecular formula is C15H23N3O. The Bertz CT molecular complexity index is 388.